The average molecular weight is 506 g/mol. The molecule has 0 unspecified atom stereocenters. The van der Waals surface area contributed by atoms with Crippen LogP contribution in [0.5, 0.6) is 11.5 Å². The van der Waals surface area contributed by atoms with Gasteiger partial charge >= 0.3 is 12.2 Å². The van der Waals surface area contributed by atoms with E-state index in [9.17, 15) is 19.6 Å². The maximum absolute atomic E-state index is 12.9. The fraction of sp³-hybridized carbons (Fsp3) is 0.500. The molecule has 0 spiro atoms. The van der Waals surface area contributed by atoms with Gasteiger partial charge in [-0.25, -0.2) is 9.59 Å². The Bertz CT molecular complexity index is 975. The van der Waals surface area contributed by atoms with Crippen molar-refractivity contribution in [1.82, 2.24) is 9.80 Å². The van der Waals surface area contributed by atoms with Crippen molar-refractivity contribution in [1.29, 1.82) is 5.26 Å². The van der Waals surface area contributed by atoms with Crippen molar-refractivity contribution in [3.05, 3.63) is 21.9 Å². The minimum absolute atomic E-state index is 0.0285. The number of hydrogen-bond donors (Lipinski definition) is 0. The van der Waals surface area contributed by atoms with Gasteiger partial charge in [0.15, 0.2) is 5.78 Å². The zero-order valence-electron chi connectivity index (χ0n) is 20.7. The highest BCUT2D eigenvalue weighted by Crippen LogP contribution is 2.59. The fourth-order valence-corrected chi connectivity index (χ4v) is 5.61. The first-order valence-electron chi connectivity index (χ1n) is 11.2. The first kappa shape index (κ1) is 27.6. The maximum atomic E-state index is 12.9. The summed E-state index contributed by atoms with van der Waals surface area (Å²) in [5.74, 6) is 0.270. The molecule has 0 N–H and O–H groups in total. The number of ketones is 1. The number of hydrogen-bond acceptors (Lipinski definition) is 8. The van der Waals surface area contributed by atoms with Gasteiger partial charge in [-0.2, -0.15) is 5.26 Å². The van der Waals surface area contributed by atoms with Crippen molar-refractivity contribution in [2.45, 2.75) is 58.3 Å². The zero-order chi connectivity index (χ0) is 25.6. The van der Waals surface area contributed by atoms with Crippen molar-refractivity contribution in [2.75, 3.05) is 26.2 Å². The van der Waals surface area contributed by atoms with Gasteiger partial charge in [-0.05, 0) is 39.8 Å². The molecular weight excluding hydrogens is 474 g/mol. The molecule has 184 valence electrons. The first-order valence-corrected chi connectivity index (χ1v) is 12.8. The van der Waals surface area contributed by atoms with Crippen LogP contribution in [-0.2, 0) is 4.79 Å². The number of nitriles is 1. The molecule has 0 aromatic heterocycles. The minimum Gasteiger partial charge on any atom is -0.409 e. The molecule has 0 saturated carbocycles. The van der Waals surface area contributed by atoms with Crippen LogP contribution in [0.3, 0.4) is 0 Å². The summed E-state index contributed by atoms with van der Waals surface area (Å²) in [5.41, 5.74) is -0.718. The number of benzene rings is 1. The van der Waals surface area contributed by atoms with Crippen molar-refractivity contribution in [3.63, 3.8) is 0 Å². The molecule has 1 aromatic rings. The van der Waals surface area contributed by atoms with Crippen LogP contribution in [-0.4, -0.2) is 53.9 Å². The SMILES string of the molecule is CCN(CC)C(=O)Oc1ccc(OC(=O)N(CC)CC)c2c1SC(=C(C#N)C(=O)C(C)(C)C)S2. The number of Topliss-reactive ketones (excluding diaryl/α,β-unsaturated/α-hetero) is 1. The Morgan fingerprint density at radius 1 is 0.853 bits per heavy atom. The van der Waals surface area contributed by atoms with Gasteiger partial charge in [0.25, 0.3) is 0 Å². The minimum atomic E-state index is -0.746. The van der Waals surface area contributed by atoms with E-state index in [2.05, 4.69) is 0 Å². The molecule has 1 aliphatic heterocycles. The second-order valence-electron chi connectivity index (χ2n) is 8.36. The van der Waals surface area contributed by atoms with Crippen LogP contribution in [0.25, 0.3) is 0 Å². The standard InChI is InChI=1S/C24H31N3O5S2/c1-8-26(9-2)22(29)31-16-12-13-17(32-23(30)27(10-3)11-4)19-18(16)33-21(34-19)15(14-25)20(28)24(5,6)7/h12-13H,8-11H2,1-7H3. The van der Waals surface area contributed by atoms with E-state index in [-0.39, 0.29) is 22.9 Å². The van der Waals surface area contributed by atoms with Gasteiger partial charge in [-0.1, -0.05) is 44.3 Å². The molecule has 1 heterocycles. The van der Waals surface area contributed by atoms with E-state index < -0.39 is 17.6 Å². The van der Waals surface area contributed by atoms with E-state index in [4.69, 9.17) is 9.47 Å². The molecule has 0 aliphatic carbocycles. The number of nitrogens with zero attached hydrogens (tertiary/aromatic N) is 3. The predicted molar refractivity (Wildman–Crippen MR) is 133 cm³/mol. The van der Waals surface area contributed by atoms with E-state index in [0.29, 0.717) is 40.2 Å². The Kier molecular flexibility index (Phi) is 9.47. The van der Waals surface area contributed by atoms with Crippen molar-refractivity contribution in [2.24, 2.45) is 5.41 Å². The summed E-state index contributed by atoms with van der Waals surface area (Å²) in [6.07, 6.45) is -1.01. The van der Waals surface area contributed by atoms with Crippen LogP contribution < -0.4 is 9.47 Å². The Balaban J connectivity index is 2.55. The summed E-state index contributed by atoms with van der Waals surface area (Å²) >= 11 is 2.34. The number of ether oxygens (including phenoxy) is 2. The third kappa shape index (κ3) is 6.07. The first-order chi connectivity index (χ1) is 16.0. The molecule has 0 bridgehead atoms. The Morgan fingerprint density at radius 2 is 1.24 bits per heavy atom. The molecule has 1 aliphatic rings. The highest BCUT2D eigenvalue weighted by Gasteiger charge is 2.35. The van der Waals surface area contributed by atoms with Gasteiger partial charge in [0, 0.05) is 31.6 Å². The smallest absolute Gasteiger partial charge is 0.409 e. The van der Waals surface area contributed by atoms with Crippen molar-refractivity contribution in [3.8, 4) is 17.6 Å². The fourth-order valence-electron chi connectivity index (χ4n) is 3.03. The van der Waals surface area contributed by atoms with E-state index in [1.807, 2.05) is 33.8 Å². The van der Waals surface area contributed by atoms with E-state index >= 15 is 0 Å². The molecule has 0 saturated heterocycles. The summed E-state index contributed by atoms with van der Waals surface area (Å²) in [4.78, 5) is 42.2. The monoisotopic (exact) mass is 505 g/mol. The summed E-state index contributed by atoms with van der Waals surface area (Å²) in [6.45, 7) is 14.6. The number of allylic oxidation sites excluding steroid dienone is 1. The number of fused-ring (bicyclic) bond motifs is 1. The van der Waals surface area contributed by atoms with Gasteiger partial charge in [0.05, 0.1) is 14.0 Å². The largest absolute Gasteiger partial charge is 0.415 e. The van der Waals surface area contributed by atoms with E-state index in [0.717, 1.165) is 0 Å². The molecule has 2 rings (SSSR count). The van der Waals surface area contributed by atoms with E-state index in [1.54, 1.807) is 32.9 Å². The summed E-state index contributed by atoms with van der Waals surface area (Å²) in [7, 11) is 0. The van der Waals surface area contributed by atoms with E-state index in [1.165, 1.54) is 33.3 Å². The molecule has 10 heteroatoms. The van der Waals surface area contributed by atoms with Gasteiger partial charge in [0.2, 0.25) is 0 Å². The molecule has 1 aromatic carbocycles. The number of rotatable bonds is 7. The molecule has 8 nitrogen and oxygen atoms in total. The number of carbonyl (C=O) groups excluding carboxylic acids is 3. The van der Waals surface area contributed by atoms with Crippen LogP contribution in [0.2, 0.25) is 0 Å². The summed E-state index contributed by atoms with van der Waals surface area (Å²) in [5, 5.41) is 9.76. The predicted octanol–water partition coefficient (Wildman–Crippen LogP) is 5.92. The lowest BCUT2D eigenvalue weighted by atomic mass is 9.87. The van der Waals surface area contributed by atoms with Gasteiger partial charge in [0.1, 0.15) is 23.1 Å². The van der Waals surface area contributed by atoms with Crippen LogP contribution in [0.15, 0.2) is 31.7 Å². The zero-order valence-corrected chi connectivity index (χ0v) is 22.3. The molecule has 0 atom stereocenters. The molecule has 34 heavy (non-hydrogen) atoms. The third-order valence-corrected chi connectivity index (χ3v) is 7.72. The summed E-state index contributed by atoms with van der Waals surface area (Å²) in [6, 6.07) is 5.17. The number of thioether (sulfide) groups is 2. The van der Waals surface area contributed by atoms with Crippen molar-refractivity contribution >= 4 is 41.5 Å². The highest BCUT2D eigenvalue weighted by molar-refractivity contribution is 8.24. The highest BCUT2D eigenvalue weighted by atomic mass is 32.2. The Morgan fingerprint density at radius 3 is 1.53 bits per heavy atom. The van der Waals surface area contributed by atoms with Gasteiger partial charge in [-0.3, -0.25) is 4.79 Å². The second kappa shape index (κ2) is 11.7. The average Bonchev–Trinajstić information content (AvgIpc) is 3.22. The van der Waals surface area contributed by atoms with Crippen LogP contribution >= 0.6 is 23.5 Å². The maximum Gasteiger partial charge on any atom is 0.415 e. The van der Waals surface area contributed by atoms with Gasteiger partial charge < -0.3 is 19.3 Å². The Hall–Kier alpha value is -2.64. The molecule has 0 fully saturated rings. The second-order valence-corrected chi connectivity index (χ2v) is 10.7. The third-order valence-electron chi connectivity index (χ3n) is 5.09. The summed E-state index contributed by atoms with van der Waals surface area (Å²) < 4.78 is 11.8. The van der Waals surface area contributed by atoms with Gasteiger partial charge in [-0.15, -0.1) is 0 Å². The van der Waals surface area contributed by atoms with Crippen molar-refractivity contribution < 1.29 is 23.9 Å². The lowest BCUT2D eigenvalue weighted by Gasteiger charge is -2.20. The normalized spacial score (nSPS) is 12.5. The quantitative estimate of drug-likeness (QED) is 0.333. The van der Waals surface area contributed by atoms with Crippen LogP contribution in [0.1, 0.15) is 48.5 Å². The molecular formula is C24H31N3O5S2. The topological polar surface area (TPSA) is 99.9 Å². The number of carbonyl (C=O) groups is 3. The Labute approximate surface area is 209 Å². The lowest BCUT2D eigenvalue weighted by Crippen LogP contribution is -2.33. The molecule has 2 amide bonds. The lowest BCUT2D eigenvalue weighted by molar-refractivity contribution is -0.122. The number of amides is 2. The van der Waals surface area contributed by atoms with Crippen LogP contribution in [0, 0.1) is 16.7 Å². The van der Waals surface area contributed by atoms with Crippen LogP contribution in [0.4, 0.5) is 9.59 Å². The molecule has 0 radical (unpaired) electrons.